The van der Waals surface area contributed by atoms with E-state index in [0.29, 0.717) is 5.56 Å². The van der Waals surface area contributed by atoms with Gasteiger partial charge in [0.15, 0.2) is 0 Å². The van der Waals surface area contributed by atoms with E-state index in [0.717, 1.165) is 49.9 Å². The number of halogens is 1. The lowest BCUT2D eigenvalue weighted by molar-refractivity contribution is -0.0295. The zero-order chi connectivity index (χ0) is 18.9. The predicted molar refractivity (Wildman–Crippen MR) is 104 cm³/mol. The molecule has 1 saturated heterocycles. The van der Waals surface area contributed by atoms with E-state index in [4.69, 9.17) is 4.74 Å². The number of likely N-dealkylation sites (tertiary alicyclic amines) is 1. The molecule has 1 spiro atoms. The first-order chi connectivity index (χ1) is 13.1. The van der Waals surface area contributed by atoms with Crippen LogP contribution in [-0.2, 0) is 4.74 Å². The van der Waals surface area contributed by atoms with Crippen molar-refractivity contribution >= 4 is 5.91 Å². The molecule has 1 aliphatic heterocycles. The fourth-order valence-electron chi connectivity index (χ4n) is 4.96. The highest BCUT2D eigenvalue weighted by Crippen LogP contribution is 2.46. The van der Waals surface area contributed by atoms with Crippen molar-refractivity contribution in [3.8, 4) is 11.1 Å². The average molecular weight is 367 g/mol. The molecule has 0 bridgehead atoms. The molecule has 1 saturated carbocycles. The molecule has 4 rings (SSSR count). The topological polar surface area (TPSA) is 29.5 Å². The van der Waals surface area contributed by atoms with Crippen molar-refractivity contribution in [3.63, 3.8) is 0 Å². The van der Waals surface area contributed by atoms with Crippen LogP contribution in [0.5, 0.6) is 0 Å². The fourth-order valence-corrected chi connectivity index (χ4v) is 4.96. The third kappa shape index (κ3) is 3.51. The molecule has 2 atom stereocenters. The fraction of sp³-hybridized carbons (Fsp3) is 0.435. The van der Waals surface area contributed by atoms with Gasteiger partial charge in [0.25, 0.3) is 5.91 Å². The van der Waals surface area contributed by atoms with E-state index in [1.54, 1.807) is 13.2 Å². The largest absolute Gasteiger partial charge is 0.381 e. The molecule has 3 nitrogen and oxygen atoms in total. The van der Waals surface area contributed by atoms with Crippen LogP contribution in [0.15, 0.2) is 48.5 Å². The lowest BCUT2D eigenvalue weighted by Crippen LogP contribution is -2.49. The van der Waals surface area contributed by atoms with E-state index in [1.165, 1.54) is 18.6 Å². The normalized spacial score (nSPS) is 25.1. The van der Waals surface area contributed by atoms with Gasteiger partial charge in [0, 0.05) is 31.2 Å². The van der Waals surface area contributed by atoms with Crippen LogP contribution in [-0.4, -0.2) is 37.1 Å². The van der Waals surface area contributed by atoms with E-state index in [-0.39, 0.29) is 23.2 Å². The summed E-state index contributed by atoms with van der Waals surface area (Å²) in [7, 11) is 1.79. The van der Waals surface area contributed by atoms with Crippen LogP contribution in [0.1, 0.15) is 42.5 Å². The molecule has 1 heterocycles. The maximum Gasteiger partial charge on any atom is 0.253 e. The number of amides is 1. The van der Waals surface area contributed by atoms with Crippen molar-refractivity contribution in [3.05, 3.63) is 59.9 Å². The quantitative estimate of drug-likeness (QED) is 0.771. The van der Waals surface area contributed by atoms with Crippen LogP contribution in [0, 0.1) is 11.2 Å². The molecule has 0 N–H and O–H groups in total. The standard InChI is InChI=1S/C23H26FNO2/c1-27-21-10-4-11-23(21)12-5-13-25(16-23)22(26)19-8-2-6-17(14-19)18-7-3-9-20(24)15-18/h2-3,6-9,14-15,21H,4-5,10-13,16H2,1H3/t21-,23+/m1/s1. The Balaban J connectivity index is 1.57. The van der Waals surface area contributed by atoms with Crippen LogP contribution < -0.4 is 0 Å². The van der Waals surface area contributed by atoms with Gasteiger partial charge < -0.3 is 9.64 Å². The summed E-state index contributed by atoms with van der Waals surface area (Å²) in [5, 5.41) is 0. The SMILES string of the molecule is CO[C@@H]1CCC[C@@]12CCCN(C(=O)c1cccc(-c3cccc(F)c3)c1)C2. The molecular weight excluding hydrogens is 341 g/mol. The Morgan fingerprint density at radius 3 is 2.63 bits per heavy atom. The van der Waals surface area contributed by atoms with Gasteiger partial charge in [-0.15, -0.1) is 0 Å². The van der Waals surface area contributed by atoms with E-state index in [9.17, 15) is 9.18 Å². The summed E-state index contributed by atoms with van der Waals surface area (Å²) in [5.41, 5.74) is 2.43. The minimum Gasteiger partial charge on any atom is -0.381 e. The summed E-state index contributed by atoms with van der Waals surface area (Å²) >= 11 is 0. The molecule has 142 valence electrons. The number of hydrogen-bond donors (Lipinski definition) is 0. The molecule has 0 aromatic heterocycles. The van der Waals surface area contributed by atoms with Crippen LogP contribution >= 0.6 is 0 Å². The highest BCUT2D eigenvalue weighted by Gasteiger charge is 2.46. The number of piperidine rings is 1. The van der Waals surface area contributed by atoms with Gasteiger partial charge in [0.05, 0.1) is 6.10 Å². The number of hydrogen-bond acceptors (Lipinski definition) is 2. The van der Waals surface area contributed by atoms with Gasteiger partial charge in [0.2, 0.25) is 0 Å². The Hall–Kier alpha value is -2.20. The van der Waals surface area contributed by atoms with Crippen molar-refractivity contribution < 1.29 is 13.9 Å². The summed E-state index contributed by atoms with van der Waals surface area (Å²) < 4.78 is 19.3. The van der Waals surface area contributed by atoms with Crippen molar-refractivity contribution in [2.75, 3.05) is 20.2 Å². The number of ether oxygens (including phenoxy) is 1. The highest BCUT2D eigenvalue weighted by molar-refractivity contribution is 5.95. The van der Waals surface area contributed by atoms with Crippen molar-refractivity contribution in [1.29, 1.82) is 0 Å². The second-order valence-electron chi connectivity index (χ2n) is 7.90. The average Bonchev–Trinajstić information content (AvgIpc) is 3.09. The number of rotatable bonds is 3. The Morgan fingerprint density at radius 2 is 1.85 bits per heavy atom. The maximum atomic E-state index is 13.6. The molecule has 1 aliphatic carbocycles. The molecule has 0 unspecified atom stereocenters. The van der Waals surface area contributed by atoms with Crippen LogP contribution in [0.25, 0.3) is 11.1 Å². The number of nitrogens with zero attached hydrogens (tertiary/aromatic N) is 1. The van der Waals surface area contributed by atoms with Gasteiger partial charge in [0.1, 0.15) is 5.82 Å². The van der Waals surface area contributed by atoms with Gasteiger partial charge in [-0.3, -0.25) is 4.79 Å². The molecule has 2 fully saturated rings. The third-order valence-corrected chi connectivity index (χ3v) is 6.27. The first kappa shape index (κ1) is 18.2. The second kappa shape index (κ2) is 7.43. The number of methoxy groups -OCH3 is 1. The van der Waals surface area contributed by atoms with Gasteiger partial charge >= 0.3 is 0 Å². The van der Waals surface area contributed by atoms with Gasteiger partial charge in [-0.05, 0) is 61.1 Å². The summed E-state index contributed by atoms with van der Waals surface area (Å²) in [5.74, 6) is -0.205. The summed E-state index contributed by atoms with van der Waals surface area (Å²) in [6.07, 6.45) is 5.82. The van der Waals surface area contributed by atoms with Crippen molar-refractivity contribution in [1.82, 2.24) is 4.90 Å². The summed E-state index contributed by atoms with van der Waals surface area (Å²) in [6.45, 7) is 1.57. The van der Waals surface area contributed by atoms with E-state index in [1.807, 2.05) is 35.2 Å². The van der Waals surface area contributed by atoms with Crippen LogP contribution in [0.3, 0.4) is 0 Å². The maximum absolute atomic E-state index is 13.6. The molecule has 2 aromatic rings. The molecule has 0 radical (unpaired) electrons. The smallest absolute Gasteiger partial charge is 0.253 e. The molecule has 4 heteroatoms. The predicted octanol–water partition coefficient (Wildman–Crippen LogP) is 4.91. The Bertz CT molecular complexity index is 837. The van der Waals surface area contributed by atoms with Gasteiger partial charge in [-0.2, -0.15) is 0 Å². The Kier molecular flexibility index (Phi) is 5.00. The van der Waals surface area contributed by atoms with Gasteiger partial charge in [-0.1, -0.05) is 30.7 Å². The molecule has 2 aromatic carbocycles. The highest BCUT2D eigenvalue weighted by atomic mass is 19.1. The number of carbonyl (C=O) groups excluding carboxylic acids is 1. The molecular formula is C23H26FNO2. The first-order valence-corrected chi connectivity index (χ1v) is 9.79. The van der Waals surface area contributed by atoms with E-state index >= 15 is 0 Å². The Labute approximate surface area is 160 Å². The molecule has 1 amide bonds. The molecule has 2 aliphatic rings. The van der Waals surface area contributed by atoms with Crippen LogP contribution in [0.2, 0.25) is 0 Å². The summed E-state index contributed by atoms with van der Waals surface area (Å²) in [6, 6.07) is 14.0. The molecule has 27 heavy (non-hydrogen) atoms. The number of carbonyl (C=O) groups is 1. The van der Waals surface area contributed by atoms with E-state index in [2.05, 4.69) is 0 Å². The zero-order valence-electron chi connectivity index (χ0n) is 15.8. The third-order valence-electron chi connectivity index (χ3n) is 6.27. The van der Waals surface area contributed by atoms with Crippen molar-refractivity contribution in [2.45, 2.75) is 38.2 Å². The minimum atomic E-state index is -0.269. The lowest BCUT2D eigenvalue weighted by Gasteiger charge is -2.43. The Morgan fingerprint density at radius 1 is 1.11 bits per heavy atom. The number of benzene rings is 2. The second-order valence-corrected chi connectivity index (χ2v) is 7.90. The summed E-state index contributed by atoms with van der Waals surface area (Å²) in [4.78, 5) is 15.2. The minimum absolute atomic E-state index is 0.0640. The lowest BCUT2D eigenvalue weighted by atomic mass is 9.76. The van der Waals surface area contributed by atoms with Crippen molar-refractivity contribution in [2.24, 2.45) is 5.41 Å². The van der Waals surface area contributed by atoms with E-state index < -0.39 is 0 Å². The zero-order valence-corrected chi connectivity index (χ0v) is 15.8. The van der Waals surface area contributed by atoms with Gasteiger partial charge in [-0.25, -0.2) is 4.39 Å². The van der Waals surface area contributed by atoms with Crippen LogP contribution in [0.4, 0.5) is 4.39 Å². The first-order valence-electron chi connectivity index (χ1n) is 9.79. The monoisotopic (exact) mass is 367 g/mol.